The van der Waals surface area contributed by atoms with Crippen LogP contribution < -0.4 is 16.0 Å². The molecule has 0 aromatic heterocycles. The van der Waals surface area contributed by atoms with Crippen LogP contribution in [0.3, 0.4) is 0 Å². The zero-order valence-corrected chi connectivity index (χ0v) is 15.5. The molecule has 0 spiro atoms. The fraction of sp³-hybridized carbons (Fsp3) is 0.150. The Kier molecular flexibility index (Phi) is 7.05. The van der Waals surface area contributed by atoms with Gasteiger partial charge in [-0.05, 0) is 48.5 Å². The summed E-state index contributed by atoms with van der Waals surface area (Å²) in [7, 11) is 1.60. The van der Waals surface area contributed by atoms with E-state index in [0.717, 1.165) is 16.8 Å². The number of thiocarbonyl (C=S) groups is 1. The van der Waals surface area contributed by atoms with E-state index >= 15 is 0 Å². The molecule has 2 aromatic carbocycles. The highest BCUT2D eigenvalue weighted by Crippen LogP contribution is 2.10. The molecule has 0 aliphatic heterocycles. The number of rotatable bonds is 5. The summed E-state index contributed by atoms with van der Waals surface area (Å²) in [5.74, 6) is -0.354. The van der Waals surface area contributed by atoms with Gasteiger partial charge in [0, 0.05) is 18.8 Å². The van der Waals surface area contributed by atoms with E-state index < -0.39 is 0 Å². The van der Waals surface area contributed by atoms with Gasteiger partial charge in [0.1, 0.15) is 0 Å². The number of benzene rings is 2. The van der Waals surface area contributed by atoms with Crippen LogP contribution in [0.2, 0.25) is 0 Å². The first-order chi connectivity index (χ1) is 12.5. The summed E-state index contributed by atoms with van der Waals surface area (Å²) in [4.78, 5) is 23.3. The van der Waals surface area contributed by atoms with Gasteiger partial charge in [-0.15, -0.1) is 0 Å². The molecule has 134 valence electrons. The molecule has 0 unspecified atom stereocenters. The second-order valence-electron chi connectivity index (χ2n) is 5.73. The number of anilines is 1. The van der Waals surface area contributed by atoms with Crippen LogP contribution in [-0.2, 0) is 16.0 Å². The summed E-state index contributed by atoms with van der Waals surface area (Å²) in [6.45, 7) is 2.01. The molecule has 3 N–H and O–H groups in total. The highest BCUT2D eigenvalue weighted by atomic mass is 32.1. The summed E-state index contributed by atoms with van der Waals surface area (Å²) in [5.41, 5.74) is 3.74. The van der Waals surface area contributed by atoms with E-state index in [0.29, 0.717) is 6.42 Å². The van der Waals surface area contributed by atoms with E-state index in [4.69, 9.17) is 12.2 Å². The van der Waals surface area contributed by atoms with Crippen LogP contribution in [0, 0.1) is 6.92 Å². The van der Waals surface area contributed by atoms with Crippen LogP contribution in [0.25, 0.3) is 6.08 Å². The van der Waals surface area contributed by atoms with Crippen molar-refractivity contribution in [3.05, 3.63) is 71.3 Å². The number of carbonyl (C=O) groups is 2. The lowest BCUT2D eigenvalue weighted by Crippen LogP contribution is -2.32. The fourth-order valence-electron chi connectivity index (χ4n) is 2.15. The lowest BCUT2D eigenvalue weighted by molar-refractivity contribution is -0.120. The molecule has 0 radical (unpaired) electrons. The third-order valence-electron chi connectivity index (χ3n) is 3.60. The number of hydrogen-bond acceptors (Lipinski definition) is 3. The van der Waals surface area contributed by atoms with Gasteiger partial charge in [-0.25, -0.2) is 0 Å². The largest absolute Gasteiger partial charge is 0.359 e. The molecule has 2 rings (SSSR count). The highest BCUT2D eigenvalue weighted by Gasteiger charge is 2.04. The second-order valence-corrected chi connectivity index (χ2v) is 6.14. The van der Waals surface area contributed by atoms with Crippen LogP contribution in [0.4, 0.5) is 5.69 Å². The SMILES string of the molecule is CNC(=O)Cc1ccc(NC(=S)NC(=O)/C=C/c2ccc(C)cc2)cc1. The molecule has 0 aliphatic rings. The van der Waals surface area contributed by atoms with Crippen LogP contribution in [0.15, 0.2) is 54.6 Å². The zero-order chi connectivity index (χ0) is 18.9. The van der Waals surface area contributed by atoms with Crippen molar-refractivity contribution >= 4 is 40.9 Å². The number of carbonyl (C=O) groups excluding carboxylic acids is 2. The van der Waals surface area contributed by atoms with E-state index in [1.807, 2.05) is 43.3 Å². The standard InChI is InChI=1S/C20H21N3O2S/c1-14-3-5-15(6-4-14)9-12-18(24)23-20(26)22-17-10-7-16(8-11-17)13-19(25)21-2/h3-12H,13H2,1-2H3,(H,21,25)(H2,22,23,24,26)/b12-9+. The van der Waals surface area contributed by atoms with Crippen molar-refractivity contribution in [2.45, 2.75) is 13.3 Å². The molecule has 0 fully saturated rings. The summed E-state index contributed by atoms with van der Waals surface area (Å²) in [6, 6.07) is 15.1. The van der Waals surface area contributed by atoms with Crippen molar-refractivity contribution in [3.8, 4) is 0 Å². The Morgan fingerprint density at radius 2 is 1.69 bits per heavy atom. The van der Waals surface area contributed by atoms with Crippen molar-refractivity contribution in [3.63, 3.8) is 0 Å². The van der Waals surface area contributed by atoms with Gasteiger partial charge in [0.2, 0.25) is 11.8 Å². The fourth-order valence-corrected chi connectivity index (χ4v) is 2.36. The smallest absolute Gasteiger partial charge is 0.250 e. The van der Waals surface area contributed by atoms with Crippen molar-refractivity contribution in [2.24, 2.45) is 0 Å². The van der Waals surface area contributed by atoms with Crippen molar-refractivity contribution in [2.75, 3.05) is 12.4 Å². The molecular weight excluding hydrogens is 346 g/mol. The topological polar surface area (TPSA) is 70.2 Å². The van der Waals surface area contributed by atoms with Gasteiger partial charge in [-0.1, -0.05) is 42.0 Å². The van der Waals surface area contributed by atoms with Gasteiger partial charge >= 0.3 is 0 Å². The Morgan fingerprint density at radius 3 is 2.31 bits per heavy atom. The average Bonchev–Trinajstić information content (AvgIpc) is 2.62. The Morgan fingerprint density at radius 1 is 1.04 bits per heavy atom. The lowest BCUT2D eigenvalue weighted by atomic mass is 10.1. The lowest BCUT2D eigenvalue weighted by Gasteiger charge is -2.09. The molecule has 0 aliphatic carbocycles. The molecule has 5 nitrogen and oxygen atoms in total. The first kappa shape index (κ1) is 19.3. The first-order valence-corrected chi connectivity index (χ1v) is 8.53. The monoisotopic (exact) mass is 367 g/mol. The Bertz CT molecular complexity index is 812. The van der Waals surface area contributed by atoms with Crippen LogP contribution in [0.5, 0.6) is 0 Å². The molecule has 0 bridgehead atoms. The van der Waals surface area contributed by atoms with E-state index in [2.05, 4.69) is 16.0 Å². The van der Waals surface area contributed by atoms with Gasteiger partial charge in [-0.2, -0.15) is 0 Å². The molecule has 0 saturated carbocycles. The van der Waals surface area contributed by atoms with Crippen LogP contribution in [-0.4, -0.2) is 24.0 Å². The minimum atomic E-state index is -0.306. The molecule has 2 aromatic rings. The number of likely N-dealkylation sites (N-methyl/N-ethyl adjacent to an activating group) is 1. The number of hydrogen-bond donors (Lipinski definition) is 3. The minimum Gasteiger partial charge on any atom is -0.359 e. The zero-order valence-electron chi connectivity index (χ0n) is 14.7. The van der Waals surface area contributed by atoms with Gasteiger partial charge < -0.3 is 10.6 Å². The predicted octanol–water partition coefficient (Wildman–Crippen LogP) is 2.81. The van der Waals surface area contributed by atoms with E-state index in [1.54, 1.807) is 25.3 Å². The average molecular weight is 367 g/mol. The summed E-state index contributed by atoms with van der Waals surface area (Å²) >= 11 is 5.14. The summed E-state index contributed by atoms with van der Waals surface area (Å²) < 4.78 is 0. The summed E-state index contributed by atoms with van der Waals surface area (Å²) in [5, 5.41) is 8.32. The molecular formula is C20H21N3O2S. The Hall–Kier alpha value is -2.99. The maximum atomic E-state index is 11.9. The maximum Gasteiger partial charge on any atom is 0.250 e. The summed E-state index contributed by atoms with van der Waals surface area (Å²) in [6.07, 6.45) is 3.48. The quantitative estimate of drug-likeness (QED) is 0.561. The molecule has 26 heavy (non-hydrogen) atoms. The van der Waals surface area contributed by atoms with Crippen molar-refractivity contribution in [1.82, 2.24) is 10.6 Å². The number of amides is 2. The van der Waals surface area contributed by atoms with Gasteiger partial charge in [0.25, 0.3) is 0 Å². The molecule has 0 heterocycles. The predicted molar refractivity (Wildman–Crippen MR) is 109 cm³/mol. The maximum absolute atomic E-state index is 11.9. The van der Waals surface area contributed by atoms with E-state index in [1.165, 1.54) is 11.6 Å². The molecule has 2 amide bonds. The van der Waals surface area contributed by atoms with Crippen LogP contribution >= 0.6 is 12.2 Å². The van der Waals surface area contributed by atoms with Crippen LogP contribution in [0.1, 0.15) is 16.7 Å². The third-order valence-corrected chi connectivity index (χ3v) is 3.80. The first-order valence-electron chi connectivity index (χ1n) is 8.12. The molecule has 0 saturated heterocycles. The number of aryl methyl sites for hydroxylation is 1. The second kappa shape index (κ2) is 9.48. The van der Waals surface area contributed by atoms with Gasteiger partial charge in [-0.3, -0.25) is 14.9 Å². The van der Waals surface area contributed by atoms with E-state index in [-0.39, 0.29) is 16.9 Å². The Balaban J connectivity index is 1.84. The molecule has 0 atom stereocenters. The highest BCUT2D eigenvalue weighted by molar-refractivity contribution is 7.80. The third kappa shape index (κ3) is 6.49. The Labute approximate surface area is 158 Å². The molecule has 6 heteroatoms. The van der Waals surface area contributed by atoms with Crippen molar-refractivity contribution in [1.29, 1.82) is 0 Å². The van der Waals surface area contributed by atoms with Crippen molar-refractivity contribution < 1.29 is 9.59 Å². The normalized spacial score (nSPS) is 10.4. The van der Waals surface area contributed by atoms with Gasteiger partial charge in [0.15, 0.2) is 5.11 Å². The van der Waals surface area contributed by atoms with Gasteiger partial charge in [0.05, 0.1) is 6.42 Å². The number of nitrogens with one attached hydrogen (secondary N) is 3. The van der Waals surface area contributed by atoms with E-state index in [9.17, 15) is 9.59 Å². The minimum absolute atomic E-state index is 0.0474.